The van der Waals surface area contributed by atoms with Crippen molar-refractivity contribution in [3.63, 3.8) is 0 Å². The lowest BCUT2D eigenvalue weighted by molar-refractivity contribution is 0.406. The molecular formula is C15H23N3O3S. The number of hydrogen-bond donors (Lipinski definition) is 0. The second-order valence-corrected chi connectivity index (χ2v) is 8.68. The van der Waals surface area contributed by atoms with Gasteiger partial charge in [-0.05, 0) is 32.1 Å². The molecule has 1 aliphatic heterocycles. The summed E-state index contributed by atoms with van der Waals surface area (Å²) in [7, 11) is -1.30. The third-order valence-electron chi connectivity index (χ3n) is 4.30. The molecule has 0 amide bonds. The SMILES string of the molecule is COc1c(C)nc(C2CC2)nc1N1CCC(CS(C)(=O)=O)C1. The number of hydrogen-bond acceptors (Lipinski definition) is 6. The van der Waals surface area contributed by atoms with E-state index in [2.05, 4.69) is 9.88 Å². The predicted octanol–water partition coefficient (Wildman–Crippen LogP) is 1.54. The van der Waals surface area contributed by atoms with Crippen LogP contribution in [0.3, 0.4) is 0 Å². The highest BCUT2D eigenvalue weighted by molar-refractivity contribution is 7.90. The first-order valence-electron chi connectivity index (χ1n) is 7.72. The summed E-state index contributed by atoms with van der Waals surface area (Å²) in [6, 6.07) is 0. The van der Waals surface area contributed by atoms with Crippen molar-refractivity contribution in [3.05, 3.63) is 11.5 Å². The molecule has 122 valence electrons. The van der Waals surface area contributed by atoms with Crippen molar-refractivity contribution < 1.29 is 13.2 Å². The molecule has 0 N–H and O–H groups in total. The molecular weight excluding hydrogens is 302 g/mol. The van der Waals surface area contributed by atoms with Crippen LogP contribution in [0.1, 0.15) is 36.7 Å². The van der Waals surface area contributed by atoms with Crippen LogP contribution in [0.4, 0.5) is 5.82 Å². The number of nitrogens with zero attached hydrogens (tertiary/aromatic N) is 3. The second kappa shape index (κ2) is 5.68. The molecule has 0 aromatic carbocycles. The molecule has 1 aromatic heterocycles. The fraction of sp³-hybridized carbons (Fsp3) is 0.733. The summed E-state index contributed by atoms with van der Waals surface area (Å²) in [5, 5.41) is 0. The van der Waals surface area contributed by atoms with Gasteiger partial charge < -0.3 is 9.64 Å². The van der Waals surface area contributed by atoms with E-state index in [0.29, 0.717) is 18.2 Å². The fourth-order valence-corrected chi connectivity index (χ4v) is 4.26. The minimum absolute atomic E-state index is 0.166. The van der Waals surface area contributed by atoms with E-state index in [1.165, 1.54) is 6.26 Å². The average molecular weight is 325 g/mol. The lowest BCUT2D eigenvalue weighted by Crippen LogP contribution is -2.24. The van der Waals surface area contributed by atoms with Crippen LogP contribution in [-0.4, -0.2) is 50.6 Å². The predicted molar refractivity (Wildman–Crippen MR) is 85.3 cm³/mol. The van der Waals surface area contributed by atoms with Crippen molar-refractivity contribution >= 4 is 15.7 Å². The zero-order chi connectivity index (χ0) is 15.9. The molecule has 22 heavy (non-hydrogen) atoms. The minimum atomic E-state index is -2.94. The number of methoxy groups -OCH3 is 1. The molecule has 1 unspecified atom stereocenters. The van der Waals surface area contributed by atoms with E-state index in [1.807, 2.05) is 6.92 Å². The first kappa shape index (κ1) is 15.5. The van der Waals surface area contributed by atoms with Gasteiger partial charge >= 0.3 is 0 Å². The Labute approximate surface area is 131 Å². The molecule has 2 aliphatic rings. The normalized spacial score (nSPS) is 22.1. The van der Waals surface area contributed by atoms with Gasteiger partial charge in [-0.25, -0.2) is 18.4 Å². The van der Waals surface area contributed by atoms with E-state index < -0.39 is 9.84 Å². The quantitative estimate of drug-likeness (QED) is 0.818. The van der Waals surface area contributed by atoms with Gasteiger partial charge in [-0.3, -0.25) is 0 Å². The first-order chi connectivity index (χ1) is 10.4. The topological polar surface area (TPSA) is 72.4 Å². The van der Waals surface area contributed by atoms with E-state index in [-0.39, 0.29) is 11.7 Å². The molecule has 3 rings (SSSR count). The van der Waals surface area contributed by atoms with Crippen LogP contribution in [0.2, 0.25) is 0 Å². The third kappa shape index (κ3) is 3.34. The lowest BCUT2D eigenvalue weighted by Gasteiger charge is -2.21. The molecule has 1 aromatic rings. The third-order valence-corrected chi connectivity index (χ3v) is 5.38. The first-order valence-corrected chi connectivity index (χ1v) is 9.78. The monoisotopic (exact) mass is 325 g/mol. The molecule has 0 radical (unpaired) electrons. The Morgan fingerprint density at radius 3 is 2.59 bits per heavy atom. The Balaban J connectivity index is 1.85. The van der Waals surface area contributed by atoms with Crippen LogP contribution < -0.4 is 9.64 Å². The number of aryl methyl sites for hydroxylation is 1. The lowest BCUT2D eigenvalue weighted by atomic mass is 10.2. The molecule has 1 saturated carbocycles. The smallest absolute Gasteiger partial charge is 0.182 e. The van der Waals surface area contributed by atoms with Crippen molar-refractivity contribution in [1.29, 1.82) is 0 Å². The summed E-state index contributed by atoms with van der Waals surface area (Å²) in [6.45, 7) is 3.47. The number of sulfone groups is 1. The zero-order valence-electron chi connectivity index (χ0n) is 13.4. The molecule has 6 nitrogen and oxygen atoms in total. The van der Waals surface area contributed by atoms with E-state index in [0.717, 1.165) is 43.1 Å². The summed E-state index contributed by atoms with van der Waals surface area (Å²) in [4.78, 5) is 11.4. The highest BCUT2D eigenvalue weighted by Crippen LogP contribution is 2.41. The van der Waals surface area contributed by atoms with Crippen LogP contribution in [0.5, 0.6) is 5.75 Å². The Hall–Kier alpha value is -1.37. The van der Waals surface area contributed by atoms with Crippen molar-refractivity contribution in [2.24, 2.45) is 5.92 Å². The highest BCUT2D eigenvalue weighted by Gasteiger charge is 2.32. The summed E-state index contributed by atoms with van der Waals surface area (Å²) < 4.78 is 28.5. The number of rotatable bonds is 5. The Kier molecular flexibility index (Phi) is 4.01. The molecule has 2 fully saturated rings. The second-order valence-electron chi connectivity index (χ2n) is 6.49. The van der Waals surface area contributed by atoms with Gasteiger partial charge in [0.15, 0.2) is 11.6 Å². The average Bonchev–Trinajstić information content (AvgIpc) is 3.17. The van der Waals surface area contributed by atoms with Gasteiger partial charge in [-0.1, -0.05) is 0 Å². The van der Waals surface area contributed by atoms with Crippen LogP contribution in [-0.2, 0) is 9.84 Å². The van der Waals surface area contributed by atoms with Crippen molar-refractivity contribution in [3.8, 4) is 5.75 Å². The molecule has 1 saturated heterocycles. The molecule has 7 heteroatoms. The molecule has 0 spiro atoms. The Morgan fingerprint density at radius 2 is 2.00 bits per heavy atom. The maximum absolute atomic E-state index is 11.5. The van der Waals surface area contributed by atoms with Gasteiger partial charge in [-0.2, -0.15) is 0 Å². The van der Waals surface area contributed by atoms with Crippen LogP contribution in [0.15, 0.2) is 0 Å². The largest absolute Gasteiger partial charge is 0.491 e. The van der Waals surface area contributed by atoms with Crippen molar-refractivity contribution in [2.75, 3.05) is 37.1 Å². The van der Waals surface area contributed by atoms with E-state index >= 15 is 0 Å². The summed E-state index contributed by atoms with van der Waals surface area (Å²) in [5.74, 6) is 3.33. The molecule has 1 atom stereocenters. The van der Waals surface area contributed by atoms with E-state index in [4.69, 9.17) is 9.72 Å². The van der Waals surface area contributed by atoms with E-state index in [9.17, 15) is 8.42 Å². The number of ether oxygens (including phenoxy) is 1. The number of aromatic nitrogens is 2. The van der Waals surface area contributed by atoms with Crippen molar-refractivity contribution in [2.45, 2.75) is 32.1 Å². The van der Waals surface area contributed by atoms with Gasteiger partial charge in [0.05, 0.1) is 18.6 Å². The maximum Gasteiger partial charge on any atom is 0.182 e. The zero-order valence-corrected chi connectivity index (χ0v) is 14.2. The van der Waals surface area contributed by atoms with Crippen molar-refractivity contribution in [1.82, 2.24) is 9.97 Å². The molecule has 1 aliphatic carbocycles. The Bertz CT molecular complexity index is 671. The van der Waals surface area contributed by atoms with Gasteiger partial charge in [0.25, 0.3) is 0 Å². The summed E-state index contributed by atoms with van der Waals surface area (Å²) in [5.41, 5.74) is 0.862. The molecule has 2 heterocycles. The van der Waals surface area contributed by atoms with Gasteiger partial charge in [0.1, 0.15) is 15.7 Å². The molecule has 0 bridgehead atoms. The van der Waals surface area contributed by atoms with Crippen LogP contribution in [0, 0.1) is 12.8 Å². The van der Waals surface area contributed by atoms with Gasteiger partial charge in [0, 0.05) is 25.3 Å². The standard InChI is InChI=1S/C15H23N3O3S/c1-10-13(21-2)15(17-14(16-10)12-4-5-12)18-7-6-11(8-18)9-22(3,19)20/h11-12H,4-9H2,1-3H3. The van der Waals surface area contributed by atoms with E-state index in [1.54, 1.807) is 7.11 Å². The maximum atomic E-state index is 11.5. The van der Waals surface area contributed by atoms with Gasteiger partial charge in [-0.15, -0.1) is 0 Å². The number of anilines is 1. The highest BCUT2D eigenvalue weighted by atomic mass is 32.2. The minimum Gasteiger partial charge on any atom is -0.491 e. The fourth-order valence-electron chi connectivity index (χ4n) is 3.14. The summed E-state index contributed by atoms with van der Waals surface area (Å²) in [6.07, 6.45) is 4.48. The summed E-state index contributed by atoms with van der Waals surface area (Å²) >= 11 is 0. The van der Waals surface area contributed by atoms with Crippen LogP contribution in [0.25, 0.3) is 0 Å². The van der Waals surface area contributed by atoms with Crippen LogP contribution >= 0.6 is 0 Å². The Morgan fingerprint density at radius 1 is 1.27 bits per heavy atom. The van der Waals surface area contributed by atoms with Gasteiger partial charge in [0.2, 0.25) is 0 Å².